The zero-order valence-corrected chi connectivity index (χ0v) is 11.3. The summed E-state index contributed by atoms with van der Waals surface area (Å²) in [6.45, 7) is 3.52. The molecule has 18 heavy (non-hydrogen) atoms. The molecule has 0 bridgehead atoms. The molecule has 0 radical (unpaired) electrons. The molecular formula is C13H19N3OS. The number of piperidine rings is 1. The van der Waals surface area contributed by atoms with Gasteiger partial charge in [0.25, 0.3) is 0 Å². The van der Waals surface area contributed by atoms with E-state index in [1.807, 2.05) is 0 Å². The van der Waals surface area contributed by atoms with Gasteiger partial charge in [0.2, 0.25) is 0 Å². The summed E-state index contributed by atoms with van der Waals surface area (Å²) in [5, 5.41) is 11.1. The Kier molecular flexibility index (Phi) is 3.63. The van der Waals surface area contributed by atoms with Crippen LogP contribution in [-0.2, 0) is 6.54 Å². The van der Waals surface area contributed by atoms with Gasteiger partial charge in [0.1, 0.15) is 0 Å². The maximum absolute atomic E-state index is 9.03. The fourth-order valence-corrected chi connectivity index (χ4v) is 3.51. The van der Waals surface area contributed by atoms with Gasteiger partial charge >= 0.3 is 0 Å². The first kappa shape index (κ1) is 12.1. The molecule has 98 valence electrons. The van der Waals surface area contributed by atoms with E-state index in [9.17, 15) is 0 Å². The van der Waals surface area contributed by atoms with Crippen molar-refractivity contribution in [2.45, 2.75) is 25.8 Å². The first-order valence-electron chi connectivity index (χ1n) is 6.59. The lowest BCUT2D eigenvalue weighted by Crippen LogP contribution is -2.35. The molecule has 1 N–H and O–H groups in total. The number of rotatable bonds is 4. The number of thiazole rings is 1. The first-order chi connectivity index (χ1) is 8.85. The van der Waals surface area contributed by atoms with Gasteiger partial charge < -0.3 is 5.11 Å². The van der Waals surface area contributed by atoms with Crippen LogP contribution in [0, 0.1) is 5.92 Å². The van der Waals surface area contributed by atoms with Crippen LogP contribution in [-0.4, -0.2) is 39.1 Å². The highest BCUT2D eigenvalue weighted by Gasteiger charge is 2.20. The molecule has 3 heterocycles. The van der Waals surface area contributed by atoms with Gasteiger partial charge in [-0.2, -0.15) is 0 Å². The van der Waals surface area contributed by atoms with Crippen molar-refractivity contribution in [3.8, 4) is 0 Å². The zero-order chi connectivity index (χ0) is 12.4. The summed E-state index contributed by atoms with van der Waals surface area (Å²) in [5.41, 5.74) is 1.16. The van der Waals surface area contributed by atoms with Crippen molar-refractivity contribution in [2.75, 3.05) is 19.7 Å². The van der Waals surface area contributed by atoms with Crippen molar-refractivity contribution < 1.29 is 5.11 Å². The Hall–Kier alpha value is -0.910. The monoisotopic (exact) mass is 265 g/mol. The molecule has 0 amide bonds. The predicted octanol–water partition coefficient (Wildman–Crippen LogP) is 1.99. The number of hydrogen-bond donors (Lipinski definition) is 1. The Morgan fingerprint density at radius 2 is 2.44 bits per heavy atom. The van der Waals surface area contributed by atoms with Gasteiger partial charge in [0, 0.05) is 37.5 Å². The molecule has 0 saturated carbocycles. The number of aliphatic hydroxyl groups excluding tert-OH is 1. The van der Waals surface area contributed by atoms with Crippen LogP contribution in [0.3, 0.4) is 0 Å². The number of aliphatic hydroxyl groups is 1. The summed E-state index contributed by atoms with van der Waals surface area (Å²) in [6.07, 6.45) is 7.62. The lowest BCUT2D eigenvalue weighted by molar-refractivity contribution is 0.141. The van der Waals surface area contributed by atoms with E-state index in [0.29, 0.717) is 12.5 Å². The predicted molar refractivity (Wildman–Crippen MR) is 72.8 cm³/mol. The van der Waals surface area contributed by atoms with Crippen molar-refractivity contribution in [3.05, 3.63) is 23.5 Å². The lowest BCUT2D eigenvalue weighted by Gasteiger charge is -2.31. The molecule has 2 aromatic rings. The zero-order valence-electron chi connectivity index (χ0n) is 10.5. The average molecular weight is 265 g/mol. The smallest absolute Gasteiger partial charge is 0.193 e. The standard InChI is InChI=1S/C13H19N3OS/c17-6-3-11-2-1-4-15(8-11)9-12-10-16-5-7-18-13(16)14-12/h5,7,10-11,17H,1-4,6,8-9H2. The Morgan fingerprint density at radius 3 is 3.28 bits per heavy atom. The Morgan fingerprint density at radius 1 is 1.50 bits per heavy atom. The van der Waals surface area contributed by atoms with Crippen molar-refractivity contribution in [3.63, 3.8) is 0 Å². The number of likely N-dealkylation sites (tertiary alicyclic amines) is 1. The minimum atomic E-state index is 0.318. The number of hydrogen-bond acceptors (Lipinski definition) is 4. The van der Waals surface area contributed by atoms with E-state index in [-0.39, 0.29) is 0 Å². The first-order valence-corrected chi connectivity index (χ1v) is 7.47. The van der Waals surface area contributed by atoms with E-state index < -0.39 is 0 Å². The summed E-state index contributed by atoms with van der Waals surface area (Å²) < 4.78 is 2.09. The maximum Gasteiger partial charge on any atom is 0.193 e. The fourth-order valence-electron chi connectivity index (χ4n) is 2.79. The van der Waals surface area contributed by atoms with E-state index in [2.05, 4.69) is 32.1 Å². The molecule has 0 aromatic carbocycles. The summed E-state index contributed by atoms with van der Waals surface area (Å²) in [4.78, 5) is 8.17. The Balaban J connectivity index is 1.63. The second-order valence-corrected chi connectivity index (χ2v) is 5.95. The summed E-state index contributed by atoms with van der Waals surface area (Å²) in [7, 11) is 0. The molecule has 0 aliphatic carbocycles. The van der Waals surface area contributed by atoms with Gasteiger partial charge in [-0.25, -0.2) is 4.98 Å². The van der Waals surface area contributed by atoms with Crippen LogP contribution in [0.5, 0.6) is 0 Å². The molecule has 3 rings (SSSR count). The average Bonchev–Trinajstić information content (AvgIpc) is 2.90. The molecule has 1 saturated heterocycles. The van der Waals surface area contributed by atoms with Crippen molar-refractivity contribution >= 4 is 16.3 Å². The summed E-state index contributed by atoms with van der Waals surface area (Å²) in [6, 6.07) is 0. The number of nitrogens with zero attached hydrogens (tertiary/aromatic N) is 3. The van der Waals surface area contributed by atoms with E-state index >= 15 is 0 Å². The van der Waals surface area contributed by atoms with Crippen molar-refractivity contribution in [1.82, 2.24) is 14.3 Å². The minimum Gasteiger partial charge on any atom is -0.396 e. The maximum atomic E-state index is 9.03. The van der Waals surface area contributed by atoms with E-state index in [4.69, 9.17) is 5.11 Å². The van der Waals surface area contributed by atoms with Gasteiger partial charge in [-0.1, -0.05) is 0 Å². The lowest BCUT2D eigenvalue weighted by atomic mass is 9.95. The highest BCUT2D eigenvalue weighted by molar-refractivity contribution is 7.15. The van der Waals surface area contributed by atoms with Crippen LogP contribution in [0.15, 0.2) is 17.8 Å². The molecule has 1 atom stereocenters. The highest BCUT2D eigenvalue weighted by atomic mass is 32.1. The van der Waals surface area contributed by atoms with Crippen molar-refractivity contribution in [2.24, 2.45) is 5.92 Å². The Bertz CT molecular complexity index is 477. The van der Waals surface area contributed by atoms with Crippen LogP contribution in [0.25, 0.3) is 4.96 Å². The molecule has 1 aliphatic heterocycles. The molecular weight excluding hydrogens is 246 g/mol. The number of aromatic nitrogens is 2. The molecule has 0 spiro atoms. The fraction of sp³-hybridized carbons (Fsp3) is 0.615. The molecule has 2 aromatic heterocycles. The molecule has 1 unspecified atom stereocenters. The van der Waals surface area contributed by atoms with Crippen LogP contribution in [0.1, 0.15) is 25.0 Å². The SMILES string of the molecule is OCCC1CCCN(Cc2cn3ccsc3n2)C1. The van der Waals surface area contributed by atoms with Crippen LogP contribution in [0.4, 0.5) is 0 Å². The van der Waals surface area contributed by atoms with Gasteiger partial charge in [0.05, 0.1) is 5.69 Å². The second kappa shape index (κ2) is 5.38. The Labute approximate surface area is 111 Å². The molecule has 5 heteroatoms. The number of fused-ring (bicyclic) bond motifs is 1. The van der Waals surface area contributed by atoms with Gasteiger partial charge in [-0.05, 0) is 31.7 Å². The minimum absolute atomic E-state index is 0.318. The summed E-state index contributed by atoms with van der Waals surface area (Å²) >= 11 is 1.68. The van der Waals surface area contributed by atoms with E-state index in [1.165, 1.54) is 12.8 Å². The quantitative estimate of drug-likeness (QED) is 0.919. The third-order valence-electron chi connectivity index (χ3n) is 3.67. The summed E-state index contributed by atoms with van der Waals surface area (Å²) in [5.74, 6) is 0.660. The molecule has 4 nitrogen and oxygen atoms in total. The van der Waals surface area contributed by atoms with Crippen molar-refractivity contribution in [1.29, 1.82) is 0 Å². The normalized spacial score (nSPS) is 21.7. The van der Waals surface area contributed by atoms with Crippen LogP contribution in [0.2, 0.25) is 0 Å². The van der Waals surface area contributed by atoms with Crippen LogP contribution < -0.4 is 0 Å². The highest BCUT2D eigenvalue weighted by Crippen LogP contribution is 2.21. The van der Waals surface area contributed by atoms with E-state index in [0.717, 1.165) is 36.7 Å². The van der Waals surface area contributed by atoms with Gasteiger partial charge in [-0.3, -0.25) is 9.30 Å². The van der Waals surface area contributed by atoms with Crippen LogP contribution >= 0.6 is 11.3 Å². The topological polar surface area (TPSA) is 40.8 Å². The second-order valence-electron chi connectivity index (χ2n) is 5.08. The van der Waals surface area contributed by atoms with E-state index in [1.54, 1.807) is 11.3 Å². The molecule has 1 fully saturated rings. The van der Waals surface area contributed by atoms with Gasteiger partial charge in [0.15, 0.2) is 4.96 Å². The van der Waals surface area contributed by atoms with Gasteiger partial charge in [-0.15, -0.1) is 11.3 Å². The third-order valence-corrected chi connectivity index (χ3v) is 4.44. The largest absolute Gasteiger partial charge is 0.396 e. The number of imidazole rings is 1. The molecule has 1 aliphatic rings. The third kappa shape index (κ3) is 2.58.